The highest BCUT2D eigenvalue weighted by atomic mass is 16.4. The lowest BCUT2D eigenvalue weighted by Gasteiger charge is -2.44. The highest BCUT2D eigenvalue weighted by Gasteiger charge is 2.61. The molecule has 0 aromatic heterocycles. The van der Waals surface area contributed by atoms with E-state index in [1.54, 1.807) is 26.0 Å². The number of aromatic hydroxyl groups is 2. The second-order valence-corrected chi connectivity index (χ2v) is 11.7. The molecule has 2 unspecified atom stereocenters. The number of ketones is 2. The van der Waals surface area contributed by atoms with Crippen LogP contribution in [0.2, 0.25) is 0 Å². The van der Waals surface area contributed by atoms with E-state index in [0.717, 1.165) is 12.0 Å². The number of phenolic OH excluding ortho intramolecular Hbond substituents is 2. The minimum atomic E-state index is -2.84. The van der Waals surface area contributed by atoms with Crippen molar-refractivity contribution in [3.63, 3.8) is 0 Å². The van der Waals surface area contributed by atoms with Crippen LogP contribution >= 0.6 is 0 Å². The third kappa shape index (κ3) is 5.18. The maximum absolute atomic E-state index is 13.3. The number of fused-ring (bicyclic) bond motifs is 3. The Balaban J connectivity index is 0.000000249. The average Bonchev–Trinajstić information content (AvgIpc) is 2.95. The summed E-state index contributed by atoms with van der Waals surface area (Å²) < 4.78 is 0. The van der Waals surface area contributed by atoms with Gasteiger partial charge in [0.05, 0.1) is 16.9 Å². The van der Waals surface area contributed by atoms with Crippen molar-refractivity contribution in [2.75, 3.05) is 0 Å². The lowest BCUT2D eigenvalue weighted by molar-refractivity contribution is -0.139. The molecule has 0 radical (unpaired) electrons. The van der Waals surface area contributed by atoms with E-state index in [4.69, 9.17) is 10.8 Å². The number of rotatable bonds is 5. The highest BCUT2D eigenvalue weighted by Crippen LogP contribution is 2.50. The number of benzene rings is 3. The Labute approximate surface area is 252 Å². The second-order valence-electron chi connectivity index (χ2n) is 11.7. The summed E-state index contributed by atoms with van der Waals surface area (Å²) in [5.74, 6) is -8.04. The number of carbonyl (C=O) groups excluding carboxylic acids is 3. The fourth-order valence-corrected chi connectivity index (χ4v) is 6.00. The zero-order valence-corrected chi connectivity index (χ0v) is 24.7. The summed E-state index contributed by atoms with van der Waals surface area (Å²) in [7, 11) is 0. The van der Waals surface area contributed by atoms with Crippen LogP contribution in [-0.4, -0.2) is 65.8 Å². The fourth-order valence-electron chi connectivity index (χ4n) is 6.00. The first kappa shape index (κ1) is 32.2. The van der Waals surface area contributed by atoms with E-state index >= 15 is 0 Å². The third-order valence-electron chi connectivity index (χ3n) is 8.44. The summed E-state index contributed by atoms with van der Waals surface area (Å²) >= 11 is 0. The normalized spacial score (nSPS) is 21.8. The molecule has 2 aliphatic rings. The van der Waals surface area contributed by atoms with Crippen LogP contribution in [0.1, 0.15) is 59.3 Å². The van der Waals surface area contributed by atoms with Gasteiger partial charge in [-0.15, -0.1) is 0 Å². The highest BCUT2D eigenvalue weighted by molar-refractivity contribution is 6.24. The van der Waals surface area contributed by atoms with Crippen molar-refractivity contribution in [3.8, 4) is 11.5 Å². The van der Waals surface area contributed by atoms with Gasteiger partial charge in [0, 0.05) is 5.92 Å². The number of aryl methyl sites for hydroxylation is 1. The van der Waals surface area contributed by atoms with Gasteiger partial charge >= 0.3 is 5.97 Å². The molecular weight excluding hydrogens is 570 g/mol. The van der Waals surface area contributed by atoms with Crippen molar-refractivity contribution >= 4 is 34.2 Å². The Kier molecular flexibility index (Phi) is 8.59. The number of hydrogen-bond acceptors (Lipinski definition) is 9. The molecule has 2 aliphatic carbocycles. The van der Waals surface area contributed by atoms with Crippen LogP contribution < -0.4 is 5.73 Å². The summed E-state index contributed by atoms with van der Waals surface area (Å²) in [4.78, 5) is 48.0. The van der Waals surface area contributed by atoms with Gasteiger partial charge in [0.1, 0.15) is 28.9 Å². The van der Waals surface area contributed by atoms with Gasteiger partial charge in [-0.3, -0.25) is 19.2 Å². The number of phenols is 2. The quantitative estimate of drug-likeness (QED) is 0.211. The molecule has 4 atom stereocenters. The minimum absolute atomic E-state index is 0.0230. The molecule has 0 aliphatic heterocycles. The Morgan fingerprint density at radius 1 is 1.02 bits per heavy atom. The van der Waals surface area contributed by atoms with E-state index < -0.39 is 64.1 Å². The molecule has 8 N–H and O–H groups in total. The standard InChI is InChI=1S/C20H17NO8.C13H18O2/c1-6-7-3-2-4-10(22)11(7)15(24)12-8(6)5-9-14(23)16(25)13(19(21)28)18(27)20(9,29)17(12)26;1-9(2)8-11-4-6-12(7-5-11)10(3)13(14)15/h2-4,9,14,22-24,27,29H,5H2,1H3,(H2,21,28);4-7,9-10H,8H2,1-3H3,(H,14,15)/t9-,14?,20-;/m0./s1. The van der Waals surface area contributed by atoms with Crippen molar-refractivity contribution in [1.82, 2.24) is 0 Å². The van der Waals surface area contributed by atoms with Crippen LogP contribution in [0.5, 0.6) is 11.5 Å². The van der Waals surface area contributed by atoms with Crippen molar-refractivity contribution in [2.45, 2.75) is 58.2 Å². The molecule has 3 aromatic rings. The number of primary amides is 1. The maximum atomic E-state index is 13.3. The molecular formula is C33H35NO10. The number of amides is 1. The number of carbonyl (C=O) groups is 4. The van der Waals surface area contributed by atoms with Crippen molar-refractivity contribution < 1.29 is 49.8 Å². The van der Waals surface area contributed by atoms with E-state index in [1.165, 1.54) is 11.6 Å². The molecule has 11 nitrogen and oxygen atoms in total. The van der Waals surface area contributed by atoms with E-state index in [0.29, 0.717) is 16.9 Å². The van der Waals surface area contributed by atoms with Gasteiger partial charge in [-0.2, -0.15) is 0 Å². The Morgan fingerprint density at radius 2 is 1.64 bits per heavy atom. The zero-order valence-electron chi connectivity index (χ0n) is 24.7. The van der Waals surface area contributed by atoms with Crippen LogP contribution in [0.3, 0.4) is 0 Å². The van der Waals surface area contributed by atoms with Crippen LogP contribution in [0, 0.1) is 18.8 Å². The topological polar surface area (TPSA) is 216 Å². The monoisotopic (exact) mass is 605 g/mol. The number of aliphatic hydroxyl groups is 3. The smallest absolute Gasteiger partial charge is 0.310 e. The van der Waals surface area contributed by atoms with Gasteiger partial charge in [0.25, 0.3) is 5.91 Å². The van der Waals surface area contributed by atoms with Crippen molar-refractivity contribution in [3.05, 3.63) is 81.6 Å². The summed E-state index contributed by atoms with van der Waals surface area (Å²) in [6.45, 7) is 7.68. The van der Waals surface area contributed by atoms with E-state index in [2.05, 4.69) is 13.8 Å². The largest absolute Gasteiger partial charge is 0.508 e. The molecule has 5 rings (SSSR count). The molecule has 0 heterocycles. The van der Waals surface area contributed by atoms with Crippen LogP contribution in [0.4, 0.5) is 0 Å². The molecule has 11 heteroatoms. The first-order chi connectivity index (χ1) is 20.5. The van der Waals surface area contributed by atoms with Gasteiger partial charge in [0.2, 0.25) is 11.6 Å². The molecule has 3 aromatic carbocycles. The number of nitrogens with two attached hydrogens (primary N) is 1. The minimum Gasteiger partial charge on any atom is -0.508 e. The number of Topliss-reactive ketones (excluding diaryl/α,β-unsaturated/α-hetero) is 2. The molecule has 232 valence electrons. The Morgan fingerprint density at radius 3 is 2.18 bits per heavy atom. The molecule has 44 heavy (non-hydrogen) atoms. The average molecular weight is 606 g/mol. The molecule has 0 fully saturated rings. The lowest BCUT2D eigenvalue weighted by atomic mass is 9.62. The van der Waals surface area contributed by atoms with Crippen LogP contribution in [0.25, 0.3) is 10.8 Å². The van der Waals surface area contributed by atoms with E-state index in [1.807, 2.05) is 24.3 Å². The summed E-state index contributed by atoms with van der Waals surface area (Å²) in [5.41, 5.74) is 3.70. The molecule has 0 spiro atoms. The molecule has 0 bridgehead atoms. The van der Waals surface area contributed by atoms with Crippen molar-refractivity contribution in [1.29, 1.82) is 0 Å². The number of hydrogen-bond donors (Lipinski definition) is 7. The van der Waals surface area contributed by atoms with Gasteiger partial charge in [-0.05, 0) is 66.3 Å². The summed E-state index contributed by atoms with van der Waals surface area (Å²) in [5, 5.41) is 62.1. The number of aliphatic carboxylic acids is 1. The fraction of sp³-hybridized carbons (Fsp3) is 0.333. The first-order valence-corrected chi connectivity index (χ1v) is 14.0. The van der Waals surface area contributed by atoms with Gasteiger partial charge in [0.15, 0.2) is 5.60 Å². The third-order valence-corrected chi connectivity index (χ3v) is 8.44. The van der Waals surface area contributed by atoms with Gasteiger partial charge in [-0.25, -0.2) is 0 Å². The molecule has 0 saturated carbocycles. The van der Waals surface area contributed by atoms with Crippen LogP contribution in [-0.2, 0) is 27.2 Å². The van der Waals surface area contributed by atoms with E-state index in [9.17, 15) is 44.7 Å². The SMILES string of the molecule is CC(C)Cc1ccc(C(C)C(=O)O)cc1.Cc1c2c(c(O)c3c(O)cccc13)C(=O)[C@]1(O)C(O)=C(C(N)=O)C(=O)C(O)[C@@H]1C2. The lowest BCUT2D eigenvalue weighted by Crippen LogP contribution is -2.61. The predicted molar refractivity (Wildman–Crippen MR) is 159 cm³/mol. The van der Waals surface area contributed by atoms with Gasteiger partial charge in [-0.1, -0.05) is 50.2 Å². The Bertz CT molecular complexity index is 1720. The Hall–Kier alpha value is -4.74. The summed E-state index contributed by atoms with van der Waals surface area (Å²) in [6.07, 6.45) is -1.19. The van der Waals surface area contributed by atoms with Crippen molar-refractivity contribution in [2.24, 2.45) is 17.6 Å². The zero-order chi connectivity index (χ0) is 32.8. The second kappa shape index (κ2) is 11.7. The van der Waals surface area contributed by atoms with Crippen LogP contribution in [0.15, 0.2) is 53.8 Å². The van der Waals surface area contributed by atoms with Gasteiger partial charge < -0.3 is 36.4 Å². The number of aliphatic hydroxyl groups excluding tert-OH is 2. The maximum Gasteiger partial charge on any atom is 0.310 e. The number of carboxylic acid groups (broad SMARTS) is 1. The molecule has 0 saturated heterocycles. The number of carboxylic acids is 1. The first-order valence-electron chi connectivity index (χ1n) is 14.0. The molecule has 1 amide bonds. The predicted octanol–water partition coefficient (Wildman–Crippen LogP) is 2.96. The van der Waals surface area contributed by atoms with E-state index in [-0.39, 0.29) is 28.7 Å². The summed E-state index contributed by atoms with van der Waals surface area (Å²) in [6, 6.07) is 12.3.